The Bertz CT molecular complexity index is 1120. The number of phenolic OH excluding ortho intramolecular Hbond substituents is 1. The number of aryl methyl sites for hydroxylation is 1. The van der Waals surface area contributed by atoms with Crippen LogP contribution in [-0.4, -0.2) is 58.2 Å². The van der Waals surface area contributed by atoms with Crippen molar-refractivity contribution in [3.05, 3.63) is 57.7 Å². The van der Waals surface area contributed by atoms with E-state index in [-0.39, 0.29) is 30.5 Å². The van der Waals surface area contributed by atoms with Gasteiger partial charge in [-0.2, -0.15) is 0 Å². The van der Waals surface area contributed by atoms with Gasteiger partial charge in [0.25, 0.3) is 0 Å². The number of nitrogens with zero attached hydrogens (tertiary/aromatic N) is 2. The van der Waals surface area contributed by atoms with Crippen LogP contribution < -0.4 is 4.74 Å². The van der Waals surface area contributed by atoms with Crippen LogP contribution >= 0.6 is 28.3 Å². The van der Waals surface area contributed by atoms with Gasteiger partial charge in [0.1, 0.15) is 29.6 Å². The quantitative estimate of drug-likeness (QED) is 0.281. The zero-order chi connectivity index (χ0) is 24.1. The van der Waals surface area contributed by atoms with Crippen molar-refractivity contribution in [3.63, 3.8) is 0 Å². The number of fused-ring (bicyclic) bond motifs is 1. The van der Waals surface area contributed by atoms with Gasteiger partial charge in [0.15, 0.2) is 0 Å². The van der Waals surface area contributed by atoms with Crippen molar-refractivity contribution >= 4 is 56.4 Å². The molecular formula is C24H30BrClN2O5S. The highest BCUT2D eigenvalue weighted by atomic mass is 79.9. The molecule has 0 amide bonds. The van der Waals surface area contributed by atoms with E-state index in [0.717, 1.165) is 11.3 Å². The summed E-state index contributed by atoms with van der Waals surface area (Å²) in [4.78, 5) is 15.0. The Morgan fingerprint density at radius 1 is 1.26 bits per heavy atom. The van der Waals surface area contributed by atoms with Gasteiger partial charge in [0, 0.05) is 24.5 Å². The number of ether oxygens (including phenoxy) is 2. The van der Waals surface area contributed by atoms with E-state index < -0.39 is 17.1 Å². The second kappa shape index (κ2) is 12.7. The van der Waals surface area contributed by atoms with E-state index in [9.17, 15) is 14.5 Å². The second-order valence-corrected chi connectivity index (χ2v) is 10.3. The van der Waals surface area contributed by atoms with Crippen molar-refractivity contribution in [3.8, 4) is 11.5 Å². The maximum atomic E-state index is 13.0. The van der Waals surface area contributed by atoms with E-state index in [4.69, 9.17) is 9.47 Å². The van der Waals surface area contributed by atoms with Crippen LogP contribution in [0, 0.1) is 0 Å². The van der Waals surface area contributed by atoms with Gasteiger partial charge < -0.3 is 28.6 Å². The summed E-state index contributed by atoms with van der Waals surface area (Å²) < 4.78 is 26.4. The first-order valence-corrected chi connectivity index (χ1v) is 12.9. The fourth-order valence-electron chi connectivity index (χ4n) is 3.73. The van der Waals surface area contributed by atoms with Gasteiger partial charge in [0.2, 0.25) is 0 Å². The average Bonchev–Trinajstić information content (AvgIpc) is 3.03. The number of para-hydroxylation sites is 1. The van der Waals surface area contributed by atoms with Crippen LogP contribution in [0.2, 0.25) is 0 Å². The molecule has 2 aromatic carbocycles. The Balaban J connectivity index is 0.00000408. The molecule has 1 heterocycles. The van der Waals surface area contributed by atoms with Crippen molar-refractivity contribution in [2.24, 2.45) is 7.05 Å². The van der Waals surface area contributed by atoms with Gasteiger partial charge in [-0.05, 0) is 66.3 Å². The summed E-state index contributed by atoms with van der Waals surface area (Å²) in [5, 5.41) is 11.4. The number of carbonyl (C=O) groups excluding carboxylic acids is 1. The van der Waals surface area contributed by atoms with E-state index >= 15 is 0 Å². The summed E-state index contributed by atoms with van der Waals surface area (Å²) in [6.45, 7) is 2.68. The highest BCUT2D eigenvalue weighted by molar-refractivity contribution is 9.10. The molecular weight excluding hydrogens is 544 g/mol. The zero-order valence-electron chi connectivity index (χ0n) is 19.7. The summed E-state index contributed by atoms with van der Waals surface area (Å²) in [7, 11) is 5.62. The third kappa shape index (κ3) is 6.40. The lowest BCUT2D eigenvalue weighted by Gasteiger charge is -2.15. The highest BCUT2D eigenvalue weighted by Gasteiger charge is 2.29. The minimum Gasteiger partial charge on any atom is -0.616 e. The molecule has 0 aliphatic carbocycles. The molecule has 0 spiro atoms. The van der Waals surface area contributed by atoms with E-state index in [1.807, 2.05) is 60.9 Å². The zero-order valence-corrected chi connectivity index (χ0v) is 22.9. The number of rotatable bonds is 10. The molecule has 0 aliphatic rings. The summed E-state index contributed by atoms with van der Waals surface area (Å²) in [5.41, 5.74) is 2.34. The van der Waals surface area contributed by atoms with Gasteiger partial charge in [-0.3, -0.25) is 0 Å². The molecule has 0 saturated heterocycles. The van der Waals surface area contributed by atoms with Crippen LogP contribution in [0.5, 0.6) is 11.5 Å². The highest BCUT2D eigenvalue weighted by Crippen LogP contribution is 2.40. The monoisotopic (exact) mass is 572 g/mol. The third-order valence-corrected chi connectivity index (χ3v) is 7.03. The van der Waals surface area contributed by atoms with Crippen molar-refractivity contribution in [2.45, 2.75) is 19.2 Å². The van der Waals surface area contributed by atoms with Crippen LogP contribution in [0.15, 0.2) is 40.9 Å². The number of hydrogen-bond donors (Lipinski definition) is 1. The molecule has 1 unspecified atom stereocenters. The van der Waals surface area contributed by atoms with Crippen LogP contribution in [0.25, 0.3) is 10.9 Å². The van der Waals surface area contributed by atoms with Gasteiger partial charge in [0.05, 0.1) is 27.9 Å². The molecule has 0 saturated carbocycles. The number of aromatic hydroxyl groups is 1. The molecule has 1 N–H and O–H groups in total. The summed E-state index contributed by atoms with van der Waals surface area (Å²) in [5.74, 6) is 0.795. The molecule has 1 aromatic heterocycles. The molecule has 0 aliphatic heterocycles. The van der Waals surface area contributed by atoms with Gasteiger partial charge in [-0.1, -0.05) is 18.2 Å². The summed E-state index contributed by atoms with van der Waals surface area (Å²) in [6, 6.07) is 11.1. The second-order valence-electron chi connectivity index (χ2n) is 7.87. The van der Waals surface area contributed by atoms with Gasteiger partial charge in [-0.25, -0.2) is 4.79 Å². The molecule has 10 heteroatoms. The standard InChI is InChI=1S/C24H29BrN2O5S.ClH/c1-5-31-24(29)22-20(15-33(30)12-11-32-16-9-7-6-8-10-16)27(4)19-13-18(25)23(28)17(21(19)22)14-26(2)3;/h6-10,13,28H,5,11-12,14-15H2,1-4H3;1H. The molecule has 0 bridgehead atoms. The molecule has 1 atom stereocenters. The predicted molar refractivity (Wildman–Crippen MR) is 142 cm³/mol. The van der Waals surface area contributed by atoms with Gasteiger partial charge >= 0.3 is 5.97 Å². The summed E-state index contributed by atoms with van der Waals surface area (Å²) >= 11 is 2.15. The van der Waals surface area contributed by atoms with E-state index in [2.05, 4.69) is 15.9 Å². The Morgan fingerprint density at radius 2 is 1.94 bits per heavy atom. The van der Waals surface area contributed by atoms with Crippen molar-refractivity contribution in [2.75, 3.05) is 33.1 Å². The van der Waals surface area contributed by atoms with Crippen molar-refractivity contribution < 1.29 is 23.9 Å². The molecule has 0 fully saturated rings. The normalized spacial score (nSPS) is 12.0. The molecule has 3 aromatic rings. The fourth-order valence-corrected chi connectivity index (χ4v) is 5.25. The molecule has 34 heavy (non-hydrogen) atoms. The smallest absolute Gasteiger partial charge is 0.340 e. The third-order valence-electron chi connectivity index (χ3n) is 5.21. The van der Waals surface area contributed by atoms with Crippen LogP contribution in [0.4, 0.5) is 0 Å². The first kappa shape index (κ1) is 28.3. The number of aromatic nitrogens is 1. The topological polar surface area (TPSA) is 87.0 Å². The van der Waals surface area contributed by atoms with E-state index in [1.165, 1.54) is 0 Å². The Labute approximate surface area is 217 Å². The molecule has 0 radical (unpaired) electrons. The molecule has 186 valence electrons. The maximum Gasteiger partial charge on any atom is 0.340 e. The molecule has 3 rings (SSSR count). The van der Waals surface area contributed by atoms with Crippen molar-refractivity contribution in [1.82, 2.24) is 9.47 Å². The van der Waals surface area contributed by atoms with Crippen LogP contribution in [0.3, 0.4) is 0 Å². The first-order chi connectivity index (χ1) is 15.7. The summed E-state index contributed by atoms with van der Waals surface area (Å²) in [6.07, 6.45) is 0. The number of carbonyl (C=O) groups is 1. The Hall–Kier alpha value is -1.91. The number of benzene rings is 2. The number of phenols is 1. The minimum atomic E-state index is -1.28. The fraction of sp³-hybridized carbons (Fsp3) is 0.375. The first-order valence-electron chi connectivity index (χ1n) is 10.6. The van der Waals surface area contributed by atoms with E-state index in [1.54, 1.807) is 13.0 Å². The van der Waals surface area contributed by atoms with Crippen LogP contribution in [-0.2, 0) is 35.3 Å². The molecule has 7 nitrogen and oxygen atoms in total. The Kier molecular flexibility index (Phi) is 10.6. The predicted octanol–water partition coefficient (Wildman–Crippen LogP) is 4.63. The lowest BCUT2D eigenvalue weighted by Crippen LogP contribution is -2.19. The van der Waals surface area contributed by atoms with Crippen molar-refractivity contribution in [1.29, 1.82) is 0 Å². The number of hydrogen-bond acceptors (Lipinski definition) is 6. The number of esters is 1. The lowest BCUT2D eigenvalue weighted by molar-refractivity contribution is 0.0527. The van der Waals surface area contributed by atoms with Crippen LogP contribution in [0.1, 0.15) is 28.5 Å². The lowest BCUT2D eigenvalue weighted by atomic mass is 10.0. The largest absolute Gasteiger partial charge is 0.616 e. The number of halogens is 2. The SMILES string of the molecule is CCOC(=O)c1c(C[S+]([O-])CCOc2ccccc2)n(C)c2cc(Br)c(O)c(CN(C)C)c12.Cl. The Morgan fingerprint density at radius 3 is 2.56 bits per heavy atom. The van der Waals surface area contributed by atoms with Gasteiger partial charge in [-0.15, -0.1) is 12.4 Å². The minimum absolute atomic E-state index is 0. The maximum absolute atomic E-state index is 13.0. The average molecular weight is 574 g/mol. The van der Waals surface area contributed by atoms with E-state index in [0.29, 0.717) is 45.6 Å².